The molecule has 1 aromatic rings. The highest BCUT2D eigenvalue weighted by Gasteiger charge is 2.36. The maximum absolute atomic E-state index is 12.6. The van der Waals surface area contributed by atoms with Gasteiger partial charge in [0, 0.05) is 38.3 Å². The van der Waals surface area contributed by atoms with Crippen LogP contribution in [-0.4, -0.2) is 55.0 Å². The molecule has 6 nitrogen and oxygen atoms in total. The van der Waals surface area contributed by atoms with Gasteiger partial charge in [0.15, 0.2) is 4.67 Å². The first-order chi connectivity index (χ1) is 9.52. The van der Waals surface area contributed by atoms with Crippen LogP contribution >= 0.6 is 15.9 Å². The first kappa shape index (κ1) is 14.5. The van der Waals surface area contributed by atoms with Crippen molar-refractivity contribution in [3.63, 3.8) is 0 Å². The molecule has 1 aromatic heterocycles. The van der Waals surface area contributed by atoms with E-state index in [2.05, 4.69) is 20.8 Å². The Hall–Kier alpha value is -0.410. The molecule has 2 heterocycles. The van der Waals surface area contributed by atoms with E-state index in [1.807, 2.05) is 0 Å². The molecule has 0 radical (unpaired) electrons. The molecule has 0 unspecified atom stereocenters. The second kappa shape index (κ2) is 5.42. The van der Waals surface area contributed by atoms with Gasteiger partial charge < -0.3 is 9.52 Å². The van der Waals surface area contributed by atoms with Crippen molar-refractivity contribution in [3.05, 3.63) is 16.5 Å². The van der Waals surface area contributed by atoms with Crippen molar-refractivity contribution in [2.45, 2.75) is 30.4 Å². The van der Waals surface area contributed by atoms with Gasteiger partial charge in [-0.15, -0.1) is 0 Å². The van der Waals surface area contributed by atoms with Crippen LogP contribution in [0.25, 0.3) is 0 Å². The summed E-state index contributed by atoms with van der Waals surface area (Å²) in [6.45, 7) is 2.26. The third kappa shape index (κ3) is 2.67. The van der Waals surface area contributed by atoms with Gasteiger partial charge in [0.25, 0.3) is 0 Å². The van der Waals surface area contributed by atoms with Gasteiger partial charge in [0.2, 0.25) is 10.0 Å². The fourth-order valence-corrected chi connectivity index (χ4v) is 4.92. The lowest BCUT2D eigenvalue weighted by molar-refractivity contribution is 0.180. The minimum absolute atomic E-state index is 0.0985. The third-order valence-corrected chi connectivity index (χ3v) is 6.57. The van der Waals surface area contributed by atoms with Gasteiger partial charge >= 0.3 is 0 Å². The Morgan fingerprint density at radius 2 is 1.95 bits per heavy atom. The average molecular weight is 365 g/mol. The predicted octanol–water partition coefficient (Wildman–Crippen LogP) is 1.00. The Labute approximate surface area is 126 Å². The molecule has 1 aliphatic carbocycles. The van der Waals surface area contributed by atoms with Gasteiger partial charge in [-0.1, -0.05) is 0 Å². The molecular weight excluding hydrogens is 348 g/mol. The van der Waals surface area contributed by atoms with E-state index in [1.165, 1.54) is 23.2 Å². The standard InChI is InChI=1S/C12H17BrN2O4S/c13-12-11(7-10(8-16)19-12)20(17,18)15-5-3-14(4-6-15)9-1-2-9/h7,9,16H,1-6,8H2. The van der Waals surface area contributed by atoms with Crippen molar-refractivity contribution < 1.29 is 17.9 Å². The fourth-order valence-electron chi connectivity index (χ4n) is 2.54. The molecule has 2 aliphatic rings. The number of hydrogen-bond donors (Lipinski definition) is 1. The average Bonchev–Trinajstić information content (AvgIpc) is 3.21. The number of hydrogen-bond acceptors (Lipinski definition) is 5. The highest BCUT2D eigenvalue weighted by Crippen LogP contribution is 2.31. The fraction of sp³-hybridized carbons (Fsp3) is 0.667. The van der Waals surface area contributed by atoms with E-state index in [0.717, 1.165) is 13.1 Å². The maximum atomic E-state index is 12.6. The number of nitrogens with zero attached hydrogens (tertiary/aromatic N) is 2. The highest BCUT2D eigenvalue weighted by molar-refractivity contribution is 9.10. The Balaban J connectivity index is 1.76. The molecule has 20 heavy (non-hydrogen) atoms. The van der Waals surface area contributed by atoms with Crippen LogP contribution in [0.1, 0.15) is 18.6 Å². The number of aliphatic hydroxyl groups excluding tert-OH is 1. The second-order valence-corrected chi connectivity index (χ2v) is 7.81. The van der Waals surface area contributed by atoms with Gasteiger partial charge in [-0.3, -0.25) is 4.90 Å². The summed E-state index contributed by atoms with van der Waals surface area (Å²) in [5.74, 6) is 0.243. The smallest absolute Gasteiger partial charge is 0.247 e. The SMILES string of the molecule is O=S(=O)(c1cc(CO)oc1Br)N1CCN(C2CC2)CC1. The normalized spacial score (nSPS) is 22.3. The lowest BCUT2D eigenvalue weighted by Gasteiger charge is -2.33. The minimum atomic E-state index is -3.56. The number of halogens is 1. The molecule has 0 spiro atoms. The van der Waals surface area contributed by atoms with Gasteiger partial charge in [-0.05, 0) is 28.8 Å². The van der Waals surface area contributed by atoms with Crippen LogP contribution in [0.15, 0.2) is 20.0 Å². The molecule has 1 saturated heterocycles. The molecule has 1 saturated carbocycles. The molecule has 2 fully saturated rings. The van der Waals surface area contributed by atoms with Crippen LogP contribution in [0.3, 0.4) is 0 Å². The maximum Gasteiger partial charge on any atom is 0.247 e. The van der Waals surface area contributed by atoms with Crippen molar-refractivity contribution >= 4 is 26.0 Å². The topological polar surface area (TPSA) is 74.0 Å². The zero-order valence-electron chi connectivity index (χ0n) is 11.0. The van der Waals surface area contributed by atoms with E-state index >= 15 is 0 Å². The van der Waals surface area contributed by atoms with Crippen LogP contribution in [0.5, 0.6) is 0 Å². The largest absolute Gasteiger partial charge is 0.450 e. The molecule has 3 rings (SSSR count). The summed E-state index contributed by atoms with van der Waals surface area (Å²) in [6, 6.07) is 2.05. The summed E-state index contributed by atoms with van der Waals surface area (Å²) >= 11 is 3.11. The van der Waals surface area contributed by atoms with Gasteiger partial charge in [-0.25, -0.2) is 8.42 Å². The van der Waals surface area contributed by atoms with Crippen molar-refractivity contribution in [1.29, 1.82) is 0 Å². The third-order valence-electron chi connectivity index (χ3n) is 3.82. The first-order valence-corrected chi connectivity index (χ1v) is 8.89. The van der Waals surface area contributed by atoms with Gasteiger partial charge in [-0.2, -0.15) is 4.31 Å². The van der Waals surface area contributed by atoms with Crippen LogP contribution in [0, 0.1) is 0 Å². The lowest BCUT2D eigenvalue weighted by Crippen LogP contribution is -2.49. The Bertz CT molecular complexity index is 589. The second-order valence-electron chi connectivity index (χ2n) is 5.18. The first-order valence-electron chi connectivity index (χ1n) is 6.65. The van der Waals surface area contributed by atoms with Crippen molar-refractivity contribution in [2.24, 2.45) is 0 Å². The quantitative estimate of drug-likeness (QED) is 0.862. The molecular formula is C12H17BrN2O4S. The predicted molar refractivity (Wildman–Crippen MR) is 75.7 cm³/mol. The molecule has 1 N–H and O–H groups in total. The summed E-state index contributed by atoms with van der Waals surface area (Å²) in [7, 11) is -3.56. The van der Waals surface area contributed by atoms with Gasteiger partial charge in [0.1, 0.15) is 17.3 Å². The number of aliphatic hydroxyl groups is 1. The molecule has 0 bridgehead atoms. The lowest BCUT2D eigenvalue weighted by atomic mass is 10.3. The number of sulfonamides is 1. The number of furan rings is 1. The zero-order chi connectivity index (χ0) is 14.3. The number of rotatable bonds is 4. The van der Waals surface area contributed by atoms with Gasteiger partial charge in [0.05, 0.1) is 0 Å². The van der Waals surface area contributed by atoms with E-state index in [-0.39, 0.29) is 21.9 Å². The summed E-state index contributed by atoms with van der Waals surface area (Å²) < 4.78 is 31.9. The minimum Gasteiger partial charge on any atom is -0.450 e. The molecule has 112 valence electrons. The van der Waals surface area contributed by atoms with E-state index < -0.39 is 10.0 Å². The molecule has 0 aromatic carbocycles. The van der Waals surface area contributed by atoms with Crippen LogP contribution in [0.4, 0.5) is 0 Å². The summed E-state index contributed by atoms with van der Waals surface area (Å²) in [6.07, 6.45) is 2.47. The molecule has 0 atom stereocenters. The van der Waals surface area contributed by atoms with E-state index in [0.29, 0.717) is 19.1 Å². The Morgan fingerprint density at radius 3 is 2.45 bits per heavy atom. The van der Waals surface area contributed by atoms with Crippen molar-refractivity contribution in [2.75, 3.05) is 26.2 Å². The highest BCUT2D eigenvalue weighted by atomic mass is 79.9. The molecule has 8 heteroatoms. The van der Waals surface area contributed by atoms with Crippen LogP contribution in [-0.2, 0) is 16.6 Å². The number of piperazine rings is 1. The summed E-state index contributed by atoms with van der Waals surface area (Å²) in [5.41, 5.74) is 0. The van der Waals surface area contributed by atoms with Crippen molar-refractivity contribution in [1.82, 2.24) is 9.21 Å². The van der Waals surface area contributed by atoms with E-state index in [1.54, 1.807) is 0 Å². The Morgan fingerprint density at radius 1 is 1.30 bits per heavy atom. The van der Waals surface area contributed by atoms with E-state index in [4.69, 9.17) is 9.52 Å². The molecule has 0 amide bonds. The Kier molecular flexibility index (Phi) is 3.93. The zero-order valence-corrected chi connectivity index (χ0v) is 13.4. The summed E-state index contributed by atoms with van der Waals surface area (Å²) in [4.78, 5) is 2.46. The monoisotopic (exact) mass is 364 g/mol. The summed E-state index contributed by atoms with van der Waals surface area (Å²) in [5, 5.41) is 9.02. The van der Waals surface area contributed by atoms with Crippen LogP contribution < -0.4 is 0 Å². The van der Waals surface area contributed by atoms with E-state index in [9.17, 15) is 8.42 Å². The molecule has 1 aliphatic heterocycles. The van der Waals surface area contributed by atoms with Crippen LogP contribution in [0.2, 0.25) is 0 Å². The van der Waals surface area contributed by atoms with Crippen molar-refractivity contribution in [3.8, 4) is 0 Å².